The molecule has 0 spiro atoms. The minimum atomic E-state index is -0.00768. The third-order valence-electron chi connectivity index (χ3n) is 2.09. The van der Waals surface area contributed by atoms with Crippen molar-refractivity contribution in [2.24, 2.45) is 5.92 Å². The van der Waals surface area contributed by atoms with E-state index in [1.54, 1.807) is 0 Å². The molecule has 1 aromatic rings. The van der Waals surface area contributed by atoms with Gasteiger partial charge in [-0.25, -0.2) is 9.67 Å². The van der Waals surface area contributed by atoms with E-state index in [4.69, 9.17) is 5.26 Å². The van der Waals surface area contributed by atoms with Gasteiger partial charge in [-0.1, -0.05) is 13.8 Å². The van der Waals surface area contributed by atoms with Crippen molar-refractivity contribution < 1.29 is 0 Å². The van der Waals surface area contributed by atoms with E-state index in [9.17, 15) is 0 Å². The molecule has 0 radical (unpaired) electrons. The van der Waals surface area contributed by atoms with Crippen LogP contribution in [0, 0.1) is 17.2 Å². The Balaban J connectivity index is 2.84. The number of aryl methyl sites for hydroxylation is 2. The highest BCUT2D eigenvalue weighted by Gasteiger charge is 2.09. The molecule has 14 heavy (non-hydrogen) atoms. The maximum Gasteiger partial charge on any atom is 0.150 e. The van der Waals surface area contributed by atoms with Gasteiger partial charge in [0.05, 0.1) is 18.5 Å². The predicted molar refractivity (Wildman–Crippen MR) is 53.6 cm³/mol. The smallest absolute Gasteiger partial charge is 0.150 e. The summed E-state index contributed by atoms with van der Waals surface area (Å²) in [6, 6.07) is 2.20. The molecule has 0 N–H and O–H groups in total. The van der Waals surface area contributed by atoms with Crippen molar-refractivity contribution in [1.29, 1.82) is 5.26 Å². The summed E-state index contributed by atoms with van der Waals surface area (Å²) in [4.78, 5) is 4.38. The monoisotopic (exact) mass is 192 g/mol. The van der Waals surface area contributed by atoms with Crippen LogP contribution in [-0.2, 0) is 19.4 Å². The van der Waals surface area contributed by atoms with Gasteiger partial charge in [0, 0.05) is 12.8 Å². The summed E-state index contributed by atoms with van der Waals surface area (Å²) < 4.78 is 1.85. The average molecular weight is 192 g/mol. The van der Waals surface area contributed by atoms with Crippen LogP contribution in [0.15, 0.2) is 0 Å². The lowest BCUT2D eigenvalue weighted by Crippen LogP contribution is -2.10. The first-order valence-electron chi connectivity index (χ1n) is 5.03. The molecular weight excluding hydrogens is 176 g/mol. The van der Waals surface area contributed by atoms with E-state index < -0.39 is 0 Å². The average Bonchev–Trinajstić information content (AvgIpc) is 2.60. The molecule has 1 heterocycles. The molecule has 1 rings (SSSR count). The van der Waals surface area contributed by atoms with Gasteiger partial charge in [0.25, 0.3) is 0 Å². The second kappa shape index (κ2) is 4.75. The fourth-order valence-electron chi connectivity index (χ4n) is 1.28. The zero-order valence-corrected chi connectivity index (χ0v) is 8.99. The number of rotatable bonds is 4. The highest BCUT2D eigenvalue weighted by molar-refractivity contribution is 4.94. The SMILES string of the molecule is CCc1nc(CC)n(CC(C)C#N)n1. The predicted octanol–water partition coefficient (Wildman–Crippen LogP) is 1.56. The van der Waals surface area contributed by atoms with Gasteiger partial charge in [-0.15, -0.1) is 0 Å². The summed E-state index contributed by atoms with van der Waals surface area (Å²) in [6.07, 6.45) is 1.71. The minimum Gasteiger partial charge on any atom is -0.249 e. The number of aromatic nitrogens is 3. The fourth-order valence-corrected chi connectivity index (χ4v) is 1.28. The summed E-state index contributed by atoms with van der Waals surface area (Å²) in [5.41, 5.74) is 0. The Morgan fingerprint density at radius 1 is 1.43 bits per heavy atom. The molecule has 1 unspecified atom stereocenters. The van der Waals surface area contributed by atoms with Crippen LogP contribution in [0.4, 0.5) is 0 Å². The topological polar surface area (TPSA) is 54.5 Å². The van der Waals surface area contributed by atoms with E-state index >= 15 is 0 Å². The van der Waals surface area contributed by atoms with Gasteiger partial charge < -0.3 is 0 Å². The molecule has 0 aliphatic rings. The molecular formula is C10H16N4. The minimum absolute atomic E-state index is 0.00768. The number of hydrogen-bond acceptors (Lipinski definition) is 3. The highest BCUT2D eigenvalue weighted by Crippen LogP contribution is 2.04. The number of nitrogens with zero attached hydrogens (tertiary/aromatic N) is 4. The van der Waals surface area contributed by atoms with Gasteiger partial charge in [0.2, 0.25) is 0 Å². The molecule has 0 aromatic carbocycles. The molecule has 4 heteroatoms. The largest absolute Gasteiger partial charge is 0.249 e. The van der Waals surface area contributed by atoms with E-state index in [0.29, 0.717) is 6.54 Å². The molecule has 76 valence electrons. The Morgan fingerprint density at radius 3 is 2.64 bits per heavy atom. The lowest BCUT2D eigenvalue weighted by Gasteiger charge is -2.04. The van der Waals surface area contributed by atoms with E-state index in [1.165, 1.54) is 0 Å². The van der Waals surface area contributed by atoms with Crippen LogP contribution in [0.3, 0.4) is 0 Å². The van der Waals surface area contributed by atoms with Crippen molar-refractivity contribution in [1.82, 2.24) is 14.8 Å². The van der Waals surface area contributed by atoms with Gasteiger partial charge in [0.15, 0.2) is 5.82 Å². The molecule has 0 saturated carbocycles. The Hall–Kier alpha value is -1.37. The molecule has 4 nitrogen and oxygen atoms in total. The molecule has 1 aromatic heterocycles. The molecule has 0 bridgehead atoms. The first kappa shape index (κ1) is 10.7. The molecule has 1 atom stereocenters. The Labute approximate surface area is 84.6 Å². The Kier molecular flexibility index (Phi) is 3.63. The lowest BCUT2D eigenvalue weighted by molar-refractivity contribution is 0.505. The molecule has 0 saturated heterocycles. The second-order valence-electron chi connectivity index (χ2n) is 3.36. The van der Waals surface area contributed by atoms with Crippen molar-refractivity contribution in [2.45, 2.75) is 40.2 Å². The summed E-state index contributed by atoms with van der Waals surface area (Å²) in [5, 5.41) is 13.1. The van der Waals surface area contributed by atoms with Gasteiger partial charge in [-0.3, -0.25) is 0 Å². The fraction of sp³-hybridized carbons (Fsp3) is 0.700. The standard InChI is InChI=1S/C10H16N4/c1-4-9-12-10(5-2)14(13-9)7-8(3)6-11/h8H,4-5,7H2,1-3H3. The molecule has 0 amide bonds. The van der Waals surface area contributed by atoms with Crippen LogP contribution >= 0.6 is 0 Å². The van der Waals surface area contributed by atoms with Crippen LogP contribution in [0.2, 0.25) is 0 Å². The second-order valence-corrected chi connectivity index (χ2v) is 3.36. The van der Waals surface area contributed by atoms with E-state index in [-0.39, 0.29) is 5.92 Å². The third-order valence-corrected chi connectivity index (χ3v) is 2.09. The molecule has 0 aliphatic carbocycles. The van der Waals surface area contributed by atoms with Crippen LogP contribution in [0.1, 0.15) is 32.4 Å². The summed E-state index contributed by atoms with van der Waals surface area (Å²) >= 11 is 0. The molecule has 0 aliphatic heterocycles. The first-order chi connectivity index (χ1) is 6.71. The van der Waals surface area contributed by atoms with Crippen molar-refractivity contribution in [3.05, 3.63) is 11.6 Å². The van der Waals surface area contributed by atoms with Crippen molar-refractivity contribution in [3.63, 3.8) is 0 Å². The van der Waals surface area contributed by atoms with Gasteiger partial charge in [-0.05, 0) is 6.92 Å². The molecule has 0 fully saturated rings. The van der Waals surface area contributed by atoms with Crippen LogP contribution in [-0.4, -0.2) is 14.8 Å². The zero-order valence-electron chi connectivity index (χ0n) is 8.99. The van der Waals surface area contributed by atoms with Crippen LogP contribution in [0.5, 0.6) is 0 Å². The van der Waals surface area contributed by atoms with Gasteiger partial charge in [-0.2, -0.15) is 10.4 Å². The summed E-state index contributed by atoms with van der Waals surface area (Å²) in [7, 11) is 0. The summed E-state index contributed by atoms with van der Waals surface area (Å²) in [6.45, 7) is 6.63. The van der Waals surface area contributed by atoms with Crippen LogP contribution < -0.4 is 0 Å². The van der Waals surface area contributed by atoms with Crippen molar-refractivity contribution in [2.75, 3.05) is 0 Å². The van der Waals surface area contributed by atoms with E-state index in [0.717, 1.165) is 24.5 Å². The maximum atomic E-state index is 8.71. The third kappa shape index (κ3) is 2.32. The highest BCUT2D eigenvalue weighted by atomic mass is 15.3. The van der Waals surface area contributed by atoms with Gasteiger partial charge >= 0.3 is 0 Å². The normalized spacial score (nSPS) is 12.4. The number of nitriles is 1. The van der Waals surface area contributed by atoms with Gasteiger partial charge in [0.1, 0.15) is 5.82 Å². The Bertz CT molecular complexity index is 334. The zero-order chi connectivity index (χ0) is 10.6. The van der Waals surface area contributed by atoms with E-state index in [1.807, 2.05) is 18.5 Å². The maximum absolute atomic E-state index is 8.71. The number of hydrogen-bond donors (Lipinski definition) is 0. The first-order valence-corrected chi connectivity index (χ1v) is 5.03. The van der Waals surface area contributed by atoms with Crippen LogP contribution in [0.25, 0.3) is 0 Å². The van der Waals surface area contributed by atoms with Crippen molar-refractivity contribution in [3.8, 4) is 6.07 Å². The quantitative estimate of drug-likeness (QED) is 0.727. The lowest BCUT2D eigenvalue weighted by atomic mass is 10.2. The Morgan fingerprint density at radius 2 is 2.14 bits per heavy atom. The van der Waals surface area contributed by atoms with E-state index in [2.05, 4.69) is 23.1 Å². The summed E-state index contributed by atoms with van der Waals surface area (Å²) in [5.74, 6) is 1.84. The van der Waals surface area contributed by atoms with Crippen molar-refractivity contribution >= 4 is 0 Å².